The molecule has 0 radical (unpaired) electrons. The smallest absolute Gasteiger partial charge is 0.229 e. The summed E-state index contributed by atoms with van der Waals surface area (Å²) in [4.78, 5) is 12.4. The number of aliphatic hydroxyl groups excluding tert-OH is 1. The molecule has 5 rings (SSSR count). The van der Waals surface area contributed by atoms with E-state index in [1.165, 1.54) is 24.5 Å². The molecular formula is C22H20FN3OS. The lowest BCUT2D eigenvalue weighted by atomic mass is 9.99. The maximum absolute atomic E-state index is 14.0. The zero-order chi connectivity index (χ0) is 19.1. The molecule has 3 aromatic rings. The van der Waals surface area contributed by atoms with E-state index in [-0.39, 0.29) is 17.8 Å². The Morgan fingerprint density at radius 2 is 1.89 bits per heavy atom. The third-order valence-corrected chi connectivity index (χ3v) is 6.54. The van der Waals surface area contributed by atoms with Crippen molar-refractivity contribution in [2.45, 2.75) is 23.2 Å². The van der Waals surface area contributed by atoms with E-state index in [2.05, 4.69) is 33.1 Å². The van der Waals surface area contributed by atoms with E-state index in [1.54, 1.807) is 36.3 Å². The summed E-state index contributed by atoms with van der Waals surface area (Å²) in [5.41, 5.74) is 3.93. The Kier molecular flexibility index (Phi) is 4.33. The molecule has 6 heteroatoms. The number of aliphatic hydroxyl groups is 1. The van der Waals surface area contributed by atoms with Gasteiger partial charge in [-0.05, 0) is 36.6 Å². The first-order valence-electron chi connectivity index (χ1n) is 9.43. The lowest BCUT2D eigenvalue weighted by Crippen LogP contribution is -2.21. The Labute approximate surface area is 167 Å². The van der Waals surface area contributed by atoms with Crippen LogP contribution in [0, 0.1) is 5.82 Å². The molecule has 2 aliphatic rings. The Balaban J connectivity index is 1.48. The highest BCUT2D eigenvalue weighted by Gasteiger charge is 2.52. The molecule has 4 nitrogen and oxygen atoms in total. The third kappa shape index (κ3) is 2.97. The summed E-state index contributed by atoms with van der Waals surface area (Å²) in [7, 11) is 0. The molecule has 28 heavy (non-hydrogen) atoms. The van der Waals surface area contributed by atoms with Crippen LogP contribution in [-0.4, -0.2) is 34.0 Å². The molecule has 1 aromatic heterocycles. The van der Waals surface area contributed by atoms with Crippen LogP contribution < -0.4 is 4.90 Å². The van der Waals surface area contributed by atoms with Gasteiger partial charge in [-0.1, -0.05) is 24.3 Å². The minimum atomic E-state index is -0.271. The van der Waals surface area contributed by atoms with Gasteiger partial charge in [-0.15, -0.1) is 11.8 Å². The predicted molar refractivity (Wildman–Crippen MR) is 110 cm³/mol. The van der Waals surface area contributed by atoms with Gasteiger partial charge in [0.1, 0.15) is 5.82 Å². The monoisotopic (exact) mass is 393 g/mol. The van der Waals surface area contributed by atoms with Crippen LogP contribution in [0.15, 0.2) is 59.8 Å². The highest BCUT2D eigenvalue weighted by Crippen LogP contribution is 2.58. The van der Waals surface area contributed by atoms with Crippen molar-refractivity contribution in [3.8, 4) is 11.1 Å². The van der Waals surface area contributed by atoms with Crippen molar-refractivity contribution in [2.75, 3.05) is 23.8 Å². The third-order valence-electron chi connectivity index (χ3n) is 5.57. The van der Waals surface area contributed by atoms with Gasteiger partial charge in [0.05, 0.1) is 6.61 Å². The summed E-state index contributed by atoms with van der Waals surface area (Å²) in [6.45, 7) is 1.05. The standard InChI is InChI=1S/C22H20FN3OS/c23-19-4-2-1-3-17(19)15-12-24-21(25-13-15)26-14-22(7-8-22)18-6-5-16(11-20(18)26)28-10-9-27/h1-6,11-13,27H,7-10,14H2. The average Bonchev–Trinajstić information content (AvgIpc) is 3.44. The first kappa shape index (κ1) is 17.6. The van der Waals surface area contributed by atoms with Crippen molar-refractivity contribution in [2.24, 2.45) is 0 Å². The van der Waals surface area contributed by atoms with Gasteiger partial charge in [-0.2, -0.15) is 0 Å². The van der Waals surface area contributed by atoms with E-state index in [9.17, 15) is 4.39 Å². The van der Waals surface area contributed by atoms with Gasteiger partial charge in [0.2, 0.25) is 5.95 Å². The summed E-state index contributed by atoms with van der Waals surface area (Å²) in [5.74, 6) is 1.06. The van der Waals surface area contributed by atoms with Crippen LogP contribution in [-0.2, 0) is 5.41 Å². The minimum absolute atomic E-state index is 0.163. The zero-order valence-corrected chi connectivity index (χ0v) is 16.1. The van der Waals surface area contributed by atoms with E-state index in [1.807, 2.05) is 6.07 Å². The Morgan fingerprint density at radius 1 is 1.11 bits per heavy atom. The van der Waals surface area contributed by atoms with Crippen LogP contribution in [0.1, 0.15) is 18.4 Å². The number of rotatable bonds is 5. The van der Waals surface area contributed by atoms with Crippen LogP contribution in [0.25, 0.3) is 11.1 Å². The fraction of sp³-hybridized carbons (Fsp3) is 0.273. The molecule has 1 spiro atoms. The maximum Gasteiger partial charge on any atom is 0.229 e. The van der Waals surface area contributed by atoms with E-state index in [0.29, 0.717) is 22.8 Å². The van der Waals surface area contributed by atoms with Gasteiger partial charge >= 0.3 is 0 Å². The fourth-order valence-electron chi connectivity index (χ4n) is 3.96. The second kappa shape index (κ2) is 6.87. The van der Waals surface area contributed by atoms with Gasteiger partial charge in [0.25, 0.3) is 0 Å². The van der Waals surface area contributed by atoms with Gasteiger partial charge < -0.3 is 10.0 Å². The molecular weight excluding hydrogens is 373 g/mol. The first-order valence-corrected chi connectivity index (χ1v) is 10.4. The summed E-state index contributed by atoms with van der Waals surface area (Å²) >= 11 is 1.65. The number of hydrogen-bond acceptors (Lipinski definition) is 5. The molecule has 0 atom stereocenters. The van der Waals surface area contributed by atoms with Gasteiger partial charge in [0.15, 0.2) is 0 Å². The number of aromatic nitrogens is 2. The molecule has 2 heterocycles. The molecule has 1 aliphatic heterocycles. The number of hydrogen-bond donors (Lipinski definition) is 1. The minimum Gasteiger partial charge on any atom is -0.396 e. The highest BCUT2D eigenvalue weighted by molar-refractivity contribution is 7.99. The van der Waals surface area contributed by atoms with Gasteiger partial charge in [0, 0.05) is 51.8 Å². The van der Waals surface area contributed by atoms with Crippen molar-refractivity contribution >= 4 is 23.4 Å². The van der Waals surface area contributed by atoms with Crippen molar-refractivity contribution in [3.05, 3.63) is 66.2 Å². The predicted octanol–water partition coefficient (Wildman–Crippen LogP) is 4.55. The van der Waals surface area contributed by atoms with Gasteiger partial charge in [-0.3, -0.25) is 0 Å². The maximum atomic E-state index is 14.0. The van der Waals surface area contributed by atoms with Crippen LogP contribution in [0.2, 0.25) is 0 Å². The molecule has 0 bridgehead atoms. The van der Waals surface area contributed by atoms with E-state index in [0.717, 1.165) is 17.1 Å². The average molecular weight is 393 g/mol. The summed E-state index contributed by atoms with van der Waals surface area (Å²) in [6.07, 6.45) is 5.77. The van der Waals surface area contributed by atoms with Crippen LogP contribution in [0.3, 0.4) is 0 Å². The quantitative estimate of drug-likeness (QED) is 0.645. The topological polar surface area (TPSA) is 49.2 Å². The summed E-state index contributed by atoms with van der Waals surface area (Å²) in [6, 6.07) is 13.2. The van der Waals surface area contributed by atoms with Crippen LogP contribution in [0.5, 0.6) is 0 Å². The van der Waals surface area contributed by atoms with Crippen LogP contribution in [0.4, 0.5) is 16.0 Å². The number of fused-ring (bicyclic) bond motifs is 2. The van der Waals surface area contributed by atoms with Crippen molar-refractivity contribution < 1.29 is 9.50 Å². The number of thioether (sulfide) groups is 1. The van der Waals surface area contributed by atoms with E-state index < -0.39 is 0 Å². The van der Waals surface area contributed by atoms with E-state index in [4.69, 9.17) is 5.11 Å². The Bertz CT molecular complexity index is 1020. The second-order valence-electron chi connectivity index (χ2n) is 7.37. The Morgan fingerprint density at radius 3 is 2.61 bits per heavy atom. The molecule has 1 aliphatic carbocycles. The number of halogens is 1. The summed E-state index contributed by atoms with van der Waals surface area (Å²) < 4.78 is 14.0. The van der Waals surface area contributed by atoms with Crippen LogP contribution >= 0.6 is 11.8 Å². The largest absolute Gasteiger partial charge is 0.396 e. The number of anilines is 2. The molecule has 0 amide bonds. The molecule has 1 saturated carbocycles. The lowest BCUT2D eigenvalue weighted by molar-refractivity contribution is 0.322. The lowest BCUT2D eigenvalue weighted by Gasteiger charge is -2.18. The van der Waals surface area contributed by atoms with E-state index >= 15 is 0 Å². The Hall–Kier alpha value is -2.44. The molecule has 1 fully saturated rings. The second-order valence-corrected chi connectivity index (χ2v) is 8.54. The van der Waals surface area contributed by atoms with Crippen molar-refractivity contribution in [1.29, 1.82) is 0 Å². The first-order chi connectivity index (χ1) is 13.7. The molecule has 142 valence electrons. The normalized spacial score (nSPS) is 16.4. The number of nitrogens with zero attached hydrogens (tertiary/aromatic N) is 3. The van der Waals surface area contributed by atoms with Crippen molar-refractivity contribution in [3.63, 3.8) is 0 Å². The van der Waals surface area contributed by atoms with Gasteiger partial charge in [-0.25, -0.2) is 14.4 Å². The molecule has 0 unspecified atom stereocenters. The molecule has 2 aromatic carbocycles. The number of benzene rings is 2. The molecule has 0 saturated heterocycles. The highest BCUT2D eigenvalue weighted by atomic mass is 32.2. The SMILES string of the molecule is OCCSc1ccc2c(c1)N(c1ncc(-c3ccccc3F)cn1)CC21CC1. The zero-order valence-electron chi connectivity index (χ0n) is 15.3. The summed E-state index contributed by atoms with van der Waals surface area (Å²) in [5, 5.41) is 9.11. The fourth-order valence-corrected chi connectivity index (χ4v) is 4.65. The molecule has 1 N–H and O–H groups in total. The van der Waals surface area contributed by atoms with Crippen molar-refractivity contribution in [1.82, 2.24) is 9.97 Å².